The molecule has 0 saturated heterocycles. The quantitative estimate of drug-likeness (QED) is 0.861. The molecule has 0 aliphatic heterocycles. The van der Waals surface area contributed by atoms with Crippen LogP contribution in [0.3, 0.4) is 0 Å². The first-order valence-corrected chi connectivity index (χ1v) is 9.01. The number of carbonyl (C=O) groups excluding carboxylic acids is 2. The summed E-state index contributed by atoms with van der Waals surface area (Å²) in [4.78, 5) is 25.1. The van der Waals surface area contributed by atoms with Crippen LogP contribution in [0.4, 0.5) is 5.00 Å². The Labute approximate surface area is 146 Å². The van der Waals surface area contributed by atoms with E-state index in [4.69, 9.17) is 0 Å². The largest absolute Gasteiger partial charge is 0.349 e. The number of Topliss-reactive ketones (excluding diaryl/α,β-unsaturated/α-hetero) is 1. The van der Waals surface area contributed by atoms with Gasteiger partial charge in [0.25, 0.3) is 0 Å². The lowest BCUT2D eigenvalue weighted by Gasteiger charge is -2.29. The predicted molar refractivity (Wildman–Crippen MR) is 95.2 cm³/mol. The van der Waals surface area contributed by atoms with Gasteiger partial charge in [-0.2, -0.15) is 5.26 Å². The maximum Gasteiger partial charge on any atom is 0.173 e. The van der Waals surface area contributed by atoms with Crippen LogP contribution < -0.4 is 5.32 Å². The highest BCUT2D eigenvalue weighted by Gasteiger charge is 2.36. The van der Waals surface area contributed by atoms with Crippen molar-refractivity contribution in [3.05, 3.63) is 27.8 Å². The number of nitrogens with zero attached hydrogens (tertiary/aromatic N) is 1. The Morgan fingerprint density at radius 1 is 1.08 bits per heavy atom. The van der Waals surface area contributed by atoms with E-state index in [2.05, 4.69) is 39.1 Å². The summed E-state index contributed by atoms with van der Waals surface area (Å²) in [6.07, 6.45) is 4.18. The minimum absolute atomic E-state index is 0.0876. The highest BCUT2D eigenvalue weighted by molar-refractivity contribution is 7.18. The van der Waals surface area contributed by atoms with Crippen LogP contribution in [0.15, 0.2) is 11.8 Å². The number of nitrogens with one attached hydrogen (secondary N) is 1. The summed E-state index contributed by atoms with van der Waals surface area (Å²) in [7, 11) is 0. The molecule has 0 unspecified atom stereocenters. The second-order valence-corrected chi connectivity index (χ2v) is 9.47. The Hall–Kier alpha value is -1.93. The van der Waals surface area contributed by atoms with Crippen molar-refractivity contribution in [3.8, 4) is 6.07 Å². The fourth-order valence-corrected chi connectivity index (χ4v) is 4.83. The summed E-state index contributed by atoms with van der Waals surface area (Å²) in [5.74, 6) is 0.218. The summed E-state index contributed by atoms with van der Waals surface area (Å²) < 4.78 is 0. The molecule has 0 spiro atoms. The topological polar surface area (TPSA) is 70.0 Å². The summed E-state index contributed by atoms with van der Waals surface area (Å²) in [5, 5.41) is 13.6. The van der Waals surface area contributed by atoms with Crippen molar-refractivity contribution in [2.45, 2.75) is 53.4 Å². The summed E-state index contributed by atoms with van der Waals surface area (Å²) in [5.41, 5.74) is 2.06. The van der Waals surface area contributed by atoms with E-state index in [1.165, 1.54) is 11.3 Å². The second-order valence-electron chi connectivity index (χ2n) is 8.45. The Morgan fingerprint density at radius 3 is 2.38 bits per heavy atom. The number of fused-ring (bicyclic) bond motifs is 1. The van der Waals surface area contributed by atoms with Crippen molar-refractivity contribution in [1.29, 1.82) is 5.26 Å². The van der Waals surface area contributed by atoms with Crippen molar-refractivity contribution in [2.24, 2.45) is 10.8 Å². The molecule has 126 valence electrons. The number of ketones is 2. The van der Waals surface area contributed by atoms with Crippen molar-refractivity contribution in [3.63, 3.8) is 0 Å². The molecule has 0 aromatic carbocycles. The van der Waals surface area contributed by atoms with Gasteiger partial charge in [-0.05, 0) is 29.2 Å². The maximum atomic E-state index is 12.4. The van der Waals surface area contributed by atoms with Crippen molar-refractivity contribution >= 4 is 27.9 Å². The van der Waals surface area contributed by atoms with Gasteiger partial charge >= 0.3 is 0 Å². The van der Waals surface area contributed by atoms with Crippen LogP contribution in [-0.2, 0) is 11.2 Å². The summed E-state index contributed by atoms with van der Waals surface area (Å²) in [6.45, 7) is 8.25. The van der Waals surface area contributed by atoms with E-state index in [-0.39, 0.29) is 22.4 Å². The highest BCUT2D eigenvalue weighted by atomic mass is 32.1. The molecule has 4 nitrogen and oxygen atoms in total. The molecule has 0 bridgehead atoms. The number of carbonyl (C=O) groups is 2. The number of hydrogen-bond acceptors (Lipinski definition) is 5. The lowest BCUT2D eigenvalue weighted by Crippen LogP contribution is -2.26. The molecule has 5 heteroatoms. The number of rotatable bonds is 2. The van der Waals surface area contributed by atoms with Crippen LogP contribution in [0.1, 0.15) is 67.8 Å². The second kappa shape index (κ2) is 5.56. The van der Waals surface area contributed by atoms with Crippen LogP contribution >= 0.6 is 11.3 Å². The van der Waals surface area contributed by atoms with E-state index in [0.29, 0.717) is 28.3 Å². The van der Waals surface area contributed by atoms with Gasteiger partial charge in [0, 0.05) is 24.6 Å². The standard InChI is InChI=1S/C19H22N2O2S/c1-18(2)6-11(5-12(22)7-18)21-17-14(10-20)13-8-19(3,4)9-15(23)16(13)24-17/h5,21H,6-9H2,1-4H3. The molecule has 2 aliphatic carbocycles. The van der Waals surface area contributed by atoms with E-state index >= 15 is 0 Å². The van der Waals surface area contributed by atoms with Gasteiger partial charge in [0.2, 0.25) is 0 Å². The van der Waals surface area contributed by atoms with Crippen molar-refractivity contribution < 1.29 is 9.59 Å². The smallest absolute Gasteiger partial charge is 0.173 e. The summed E-state index contributed by atoms with van der Waals surface area (Å²) in [6, 6.07) is 2.27. The van der Waals surface area contributed by atoms with Gasteiger partial charge < -0.3 is 5.32 Å². The molecular weight excluding hydrogens is 320 g/mol. The predicted octanol–water partition coefficient (Wildman–Crippen LogP) is 4.46. The fourth-order valence-electron chi connectivity index (χ4n) is 3.69. The van der Waals surface area contributed by atoms with Gasteiger partial charge in [-0.15, -0.1) is 11.3 Å². The molecule has 24 heavy (non-hydrogen) atoms. The SMILES string of the molecule is CC1(C)CC(=O)C=C(Nc2sc3c(c2C#N)CC(C)(C)CC3=O)C1. The molecule has 1 aromatic rings. The molecule has 0 radical (unpaired) electrons. The van der Waals surface area contributed by atoms with Gasteiger partial charge in [-0.25, -0.2) is 0 Å². The molecule has 1 N–H and O–H groups in total. The van der Waals surface area contributed by atoms with Crippen molar-refractivity contribution in [1.82, 2.24) is 0 Å². The molecule has 0 saturated carbocycles. The minimum atomic E-state index is -0.115. The van der Waals surface area contributed by atoms with Crippen LogP contribution in [0.2, 0.25) is 0 Å². The van der Waals surface area contributed by atoms with Gasteiger partial charge in [0.05, 0.1) is 10.4 Å². The number of allylic oxidation sites excluding steroid dienone is 2. The Kier molecular flexibility index (Phi) is 3.92. The molecule has 2 aliphatic rings. The van der Waals surface area contributed by atoms with E-state index < -0.39 is 0 Å². The molecule has 3 rings (SSSR count). The van der Waals surface area contributed by atoms with Crippen LogP contribution in [-0.4, -0.2) is 11.6 Å². The van der Waals surface area contributed by atoms with Crippen molar-refractivity contribution in [2.75, 3.05) is 5.32 Å². The zero-order chi connectivity index (χ0) is 17.7. The Morgan fingerprint density at radius 2 is 1.75 bits per heavy atom. The first-order valence-electron chi connectivity index (χ1n) is 8.20. The maximum absolute atomic E-state index is 12.4. The molecule has 1 heterocycles. The molecule has 0 atom stereocenters. The van der Waals surface area contributed by atoms with E-state index in [9.17, 15) is 14.9 Å². The Balaban J connectivity index is 1.98. The van der Waals surface area contributed by atoms with Gasteiger partial charge in [0.15, 0.2) is 11.6 Å². The van der Waals surface area contributed by atoms with E-state index in [1.807, 2.05) is 0 Å². The third-order valence-corrected chi connectivity index (χ3v) is 5.79. The number of hydrogen-bond donors (Lipinski definition) is 1. The first kappa shape index (κ1) is 16.9. The molecule has 1 aromatic heterocycles. The number of thiophene rings is 1. The zero-order valence-corrected chi connectivity index (χ0v) is 15.4. The monoisotopic (exact) mass is 342 g/mol. The van der Waals surface area contributed by atoms with Gasteiger partial charge in [-0.3, -0.25) is 9.59 Å². The average molecular weight is 342 g/mol. The normalized spacial score (nSPS) is 21.7. The lowest BCUT2D eigenvalue weighted by molar-refractivity contribution is -0.117. The third kappa shape index (κ3) is 3.16. The van der Waals surface area contributed by atoms with Crippen LogP contribution in [0.5, 0.6) is 0 Å². The molecule has 0 amide bonds. The lowest BCUT2D eigenvalue weighted by atomic mass is 9.75. The Bertz CT molecular complexity index is 806. The third-order valence-electron chi connectivity index (χ3n) is 4.60. The summed E-state index contributed by atoms with van der Waals surface area (Å²) >= 11 is 1.36. The highest BCUT2D eigenvalue weighted by Crippen LogP contribution is 2.44. The average Bonchev–Trinajstić information content (AvgIpc) is 2.72. The fraction of sp³-hybridized carbons (Fsp3) is 0.526. The van der Waals surface area contributed by atoms with Crippen LogP contribution in [0, 0.1) is 22.2 Å². The molecular formula is C19H22N2O2S. The van der Waals surface area contributed by atoms with Gasteiger partial charge in [0.1, 0.15) is 11.1 Å². The van der Waals surface area contributed by atoms with E-state index in [0.717, 1.165) is 24.1 Å². The zero-order valence-electron chi connectivity index (χ0n) is 14.6. The number of nitriles is 1. The molecule has 0 fully saturated rings. The first-order chi connectivity index (χ1) is 11.1. The minimum Gasteiger partial charge on any atom is -0.349 e. The van der Waals surface area contributed by atoms with Crippen LogP contribution in [0.25, 0.3) is 0 Å². The van der Waals surface area contributed by atoms with Gasteiger partial charge in [-0.1, -0.05) is 27.7 Å². The number of anilines is 1. The van der Waals surface area contributed by atoms with E-state index in [1.54, 1.807) is 6.08 Å².